The molecule has 0 aromatic carbocycles. The molecule has 2 aliphatic heterocycles. The molecule has 3 heterocycles. The van der Waals surface area contributed by atoms with E-state index in [0.29, 0.717) is 22.2 Å². The molecule has 1 unspecified atom stereocenters. The Bertz CT molecular complexity index is 686. The monoisotopic (exact) mass is 341 g/mol. The first-order valence-electron chi connectivity index (χ1n) is 6.56. The second-order valence-corrected chi connectivity index (χ2v) is 7.12. The number of β-lactam (4-membered cyclic amide) rings is 1. The van der Waals surface area contributed by atoms with E-state index in [1.54, 1.807) is 0 Å². The maximum absolute atomic E-state index is 11.8. The minimum absolute atomic E-state index is 0.0711. The van der Waals surface area contributed by atoms with E-state index in [2.05, 4.69) is 10.2 Å². The van der Waals surface area contributed by atoms with Crippen molar-refractivity contribution in [1.82, 2.24) is 19.7 Å². The quantitative estimate of drug-likeness (QED) is 0.571. The van der Waals surface area contributed by atoms with Crippen molar-refractivity contribution in [3.63, 3.8) is 0 Å². The largest absolute Gasteiger partial charge is 0.477 e. The standard InChI is InChI=1S/C12H15N5O3S2/c1-5-14-15-12(16(5)2)22-4-6-3-21-10-7(13)9(18)17(10)8(6)11(19)20/h7,10H,3-4,13H2,1-2H3,(H,19,20)/t7-,10?/m1/s1. The number of carbonyl (C=O) groups excluding carboxylic acids is 1. The molecule has 0 spiro atoms. The molecule has 1 saturated heterocycles. The molecule has 0 aliphatic carbocycles. The highest BCUT2D eigenvalue weighted by Crippen LogP contribution is 2.40. The number of carboxylic acid groups (broad SMARTS) is 1. The molecular formula is C12H15N5O3S2. The molecule has 1 fully saturated rings. The lowest BCUT2D eigenvalue weighted by atomic mass is 10.0. The second kappa shape index (κ2) is 5.60. The summed E-state index contributed by atoms with van der Waals surface area (Å²) in [6.07, 6.45) is 0. The Morgan fingerprint density at radius 2 is 2.27 bits per heavy atom. The summed E-state index contributed by atoms with van der Waals surface area (Å²) in [4.78, 5) is 24.7. The van der Waals surface area contributed by atoms with Crippen LogP contribution < -0.4 is 5.73 Å². The normalized spacial score (nSPS) is 24.3. The van der Waals surface area contributed by atoms with Gasteiger partial charge in [-0.3, -0.25) is 9.69 Å². The van der Waals surface area contributed by atoms with Gasteiger partial charge in [-0.05, 0) is 12.5 Å². The summed E-state index contributed by atoms with van der Waals surface area (Å²) in [6, 6.07) is -0.602. The number of aromatic nitrogens is 3. The molecule has 3 N–H and O–H groups in total. The van der Waals surface area contributed by atoms with E-state index in [1.807, 2.05) is 18.5 Å². The zero-order chi connectivity index (χ0) is 16.0. The number of nitrogens with two attached hydrogens (primary N) is 1. The maximum atomic E-state index is 11.8. The van der Waals surface area contributed by atoms with Crippen LogP contribution in [-0.4, -0.2) is 59.6 Å². The van der Waals surface area contributed by atoms with E-state index in [0.717, 1.165) is 5.82 Å². The van der Waals surface area contributed by atoms with Crippen LogP contribution in [0.4, 0.5) is 0 Å². The van der Waals surface area contributed by atoms with Crippen molar-refractivity contribution in [3.8, 4) is 0 Å². The predicted molar refractivity (Wildman–Crippen MR) is 82.2 cm³/mol. The molecule has 2 atom stereocenters. The van der Waals surface area contributed by atoms with Gasteiger partial charge in [0.25, 0.3) is 0 Å². The van der Waals surface area contributed by atoms with E-state index in [-0.39, 0.29) is 17.0 Å². The van der Waals surface area contributed by atoms with E-state index >= 15 is 0 Å². The first-order chi connectivity index (χ1) is 10.4. The molecule has 2 aliphatic rings. The van der Waals surface area contributed by atoms with Crippen LogP contribution in [0.3, 0.4) is 0 Å². The van der Waals surface area contributed by atoms with Crippen LogP contribution in [0.15, 0.2) is 16.4 Å². The molecule has 0 saturated carbocycles. The fraction of sp³-hybridized carbons (Fsp3) is 0.500. The van der Waals surface area contributed by atoms with Gasteiger partial charge < -0.3 is 15.4 Å². The smallest absolute Gasteiger partial charge is 0.352 e. The van der Waals surface area contributed by atoms with E-state index in [9.17, 15) is 14.7 Å². The fourth-order valence-corrected chi connectivity index (χ4v) is 4.74. The third-order valence-electron chi connectivity index (χ3n) is 3.72. The Labute approximate surface area is 135 Å². The van der Waals surface area contributed by atoms with Gasteiger partial charge in [-0.2, -0.15) is 0 Å². The SMILES string of the molecule is Cc1nnc(SCC2=C(C(=O)O)N3C(=O)[C@@H](N)C3SC2)n1C. The first kappa shape index (κ1) is 15.4. The highest BCUT2D eigenvalue weighted by atomic mass is 32.2. The van der Waals surface area contributed by atoms with Crippen molar-refractivity contribution in [2.45, 2.75) is 23.5 Å². The van der Waals surface area contributed by atoms with Crippen LogP contribution in [0, 0.1) is 6.92 Å². The topological polar surface area (TPSA) is 114 Å². The van der Waals surface area contributed by atoms with Crippen LogP contribution in [0.25, 0.3) is 0 Å². The van der Waals surface area contributed by atoms with Crippen molar-refractivity contribution in [3.05, 3.63) is 17.1 Å². The molecule has 1 amide bonds. The number of carboxylic acids is 1. The Hall–Kier alpha value is -1.52. The minimum atomic E-state index is -1.09. The number of hydrogen-bond acceptors (Lipinski definition) is 7. The summed E-state index contributed by atoms with van der Waals surface area (Å²) in [7, 11) is 1.85. The van der Waals surface area contributed by atoms with E-state index in [4.69, 9.17) is 5.73 Å². The first-order valence-corrected chi connectivity index (χ1v) is 8.59. The number of nitrogens with zero attached hydrogens (tertiary/aromatic N) is 4. The number of aliphatic carboxylic acids is 1. The van der Waals surface area contributed by atoms with Gasteiger partial charge in [0.15, 0.2) is 5.16 Å². The van der Waals surface area contributed by atoms with Gasteiger partial charge in [0.1, 0.15) is 22.9 Å². The Morgan fingerprint density at radius 3 is 2.86 bits per heavy atom. The van der Waals surface area contributed by atoms with Crippen molar-refractivity contribution in [1.29, 1.82) is 0 Å². The van der Waals surface area contributed by atoms with Gasteiger partial charge in [0.05, 0.1) is 0 Å². The van der Waals surface area contributed by atoms with E-state index < -0.39 is 12.0 Å². The van der Waals surface area contributed by atoms with Gasteiger partial charge in [0.2, 0.25) is 5.91 Å². The van der Waals surface area contributed by atoms with Crippen molar-refractivity contribution in [2.75, 3.05) is 11.5 Å². The van der Waals surface area contributed by atoms with Gasteiger partial charge >= 0.3 is 5.97 Å². The van der Waals surface area contributed by atoms with Crippen LogP contribution in [-0.2, 0) is 16.6 Å². The van der Waals surface area contributed by atoms with Crippen molar-refractivity contribution in [2.24, 2.45) is 12.8 Å². The average molecular weight is 341 g/mol. The molecule has 0 bridgehead atoms. The summed E-state index contributed by atoms with van der Waals surface area (Å²) in [5.41, 5.74) is 6.50. The summed E-state index contributed by atoms with van der Waals surface area (Å²) in [5.74, 6) is 0.374. The number of amides is 1. The number of thioether (sulfide) groups is 2. The predicted octanol–water partition coefficient (Wildman–Crippen LogP) is -0.203. The molecule has 1 aromatic heterocycles. The van der Waals surface area contributed by atoms with Crippen molar-refractivity contribution < 1.29 is 14.7 Å². The van der Waals surface area contributed by atoms with Gasteiger partial charge in [-0.1, -0.05) is 11.8 Å². The lowest BCUT2D eigenvalue weighted by Crippen LogP contribution is -2.68. The summed E-state index contributed by atoms with van der Waals surface area (Å²) >= 11 is 2.91. The lowest BCUT2D eigenvalue weighted by Gasteiger charge is -2.48. The zero-order valence-corrected chi connectivity index (χ0v) is 13.6. The second-order valence-electron chi connectivity index (χ2n) is 5.07. The molecule has 10 heteroatoms. The van der Waals surface area contributed by atoms with Crippen molar-refractivity contribution >= 4 is 35.4 Å². The van der Waals surface area contributed by atoms with Crippen LogP contribution in [0.2, 0.25) is 0 Å². The average Bonchev–Trinajstić information content (AvgIpc) is 2.82. The Morgan fingerprint density at radius 1 is 1.55 bits per heavy atom. The lowest BCUT2D eigenvalue weighted by molar-refractivity contribution is -0.147. The highest BCUT2D eigenvalue weighted by molar-refractivity contribution is 8.01. The van der Waals surface area contributed by atoms with Gasteiger partial charge in [0, 0.05) is 18.6 Å². The molecular weight excluding hydrogens is 326 g/mol. The fourth-order valence-electron chi connectivity index (χ4n) is 2.36. The third-order valence-corrected chi connectivity index (χ3v) is 6.19. The molecule has 0 radical (unpaired) electrons. The minimum Gasteiger partial charge on any atom is -0.477 e. The van der Waals surface area contributed by atoms with Gasteiger partial charge in [-0.25, -0.2) is 4.79 Å². The van der Waals surface area contributed by atoms with Crippen LogP contribution in [0.5, 0.6) is 0 Å². The Kier molecular flexibility index (Phi) is 3.91. The zero-order valence-electron chi connectivity index (χ0n) is 12.0. The number of aryl methyl sites for hydroxylation is 1. The molecule has 8 nitrogen and oxygen atoms in total. The highest BCUT2D eigenvalue weighted by Gasteiger charge is 2.51. The maximum Gasteiger partial charge on any atom is 0.352 e. The number of rotatable bonds is 4. The van der Waals surface area contributed by atoms with Crippen LogP contribution in [0.1, 0.15) is 5.82 Å². The molecule has 22 heavy (non-hydrogen) atoms. The van der Waals surface area contributed by atoms with E-state index in [1.165, 1.54) is 28.4 Å². The van der Waals surface area contributed by atoms with Gasteiger partial charge in [-0.15, -0.1) is 22.0 Å². The number of carbonyl (C=O) groups is 2. The number of fused-ring (bicyclic) bond motifs is 1. The summed E-state index contributed by atoms with van der Waals surface area (Å²) in [5, 5.41) is 17.9. The third kappa shape index (κ3) is 2.31. The molecule has 1 aromatic rings. The summed E-state index contributed by atoms with van der Waals surface area (Å²) in [6.45, 7) is 1.85. The summed E-state index contributed by atoms with van der Waals surface area (Å²) < 4.78 is 1.84. The Balaban J connectivity index is 1.83. The molecule has 3 rings (SSSR count). The molecule has 118 valence electrons. The number of hydrogen-bond donors (Lipinski definition) is 2. The van der Waals surface area contributed by atoms with Crippen LogP contribution >= 0.6 is 23.5 Å².